The first-order valence-electron chi connectivity index (χ1n) is 7.51. The average Bonchev–Trinajstić information content (AvgIpc) is 2.85. The Labute approximate surface area is 169 Å². The third kappa shape index (κ3) is 3.42. The van der Waals surface area contributed by atoms with E-state index in [4.69, 9.17) is 28.6 Å². The summed E-state index contributed by atoms with van der Waals surface area (Å²) >= 11 is 14.7. The molecule has 5 nitrogen and oxygen atoms in total. The molecule has 0 saturated carbocycles. The van der Waals surface area contributed by atoms with Gasteiger partial charge in [-0.05, 0) is 61.1 Å². The van der Waals surface area contributed by atoms with Gasteiger partial charge in [0, 0.05) is 15.1 Å². The number of ether oxygens (including phenoxy) is 1. The van der Waals surface area contributed by atoms with Crippen LogP contribution < -0.4 is 15.0 Å². The molecule has 1 fully saturated rings. The van der Waals surface area contributed by atoms with Gasteiger partial charge in [0.25, 0.3) is 5.91 Å². The highest BCUT2D eigenvalue weighted by Gasteiger charge is 2.33. The van der Waals surface area contributed by atoms with Gasteiger partial charge in [-0.15, -0.1) is 0 Å². The number of hydrogen-bond acceptors (Lipinski definition) is 4. The molecule has 2 N–H and O–H groups in total. The summed E-state index contributed by atoms with van der Waals surface area (Å²) in [6.07, 6.45) is 1.53. The predicted molar refractivity (Wildman–Crippen MR) is 110 cm³/mol. The van der Waals surface area contributed by atoms with Crippen LogP contribution in [0.25, 0.3) is 6.08 Å². The second kappa shape index (κ2) is 7.26. The minimum absolute atomic E-state index is 0.0650. The topological polar surface area (TPSA) is 61.8 Å². The zero-order chi connectivity index (χ0) is 19.0. The van der Waals surface area contributed by atoms with Crippen molar-refractivity contribution in [3.8, 4) is 11.5 Å². The Morgan fingerprint density at radius 1 is 1.35 bits per heavy atom. The summed E-state index contributed by atoms with van der Waals surface area (Å²) in [4.78, 5) is 14.3. The zero-order valence-electron chi connectivity index (χ0n) is 13.8. The van der Waals surface area contributed by atoms with Crippen LogP contribution in [0.15, 0.2) is 40.5 Å². The van der Waals surface area contributed by atoms with E-state index in [0.29, 0.717) is 26.5 Å². The normalized spacial score (nSPS) is 15.5. The number of aromatic hydroxyl groups is 1. The van der Waals surface area contributed by atoms with Crippen molar-refractivity contribution in [3.05, 3.63) is 56.7 Å². The van der Waals surface area contributed by atoms with Crippen LogP contribution in [0.1, 0.15) is 11.1 Å². The number of nitrogens with one attached hydrogen (secondary N) is 1. The Balaban J connectivity index is 2.02. The second-order valence-corrected chi connectivity index (χ2v) is 7.34. The molecule has 0 spiro atoms. The molecule has 1 amide bonds. The Bertz CT molecular complexity index is 962. The molecule has 134 valence electrons. The Kier molecular flexibility index (Phi) is 5.22. The van der Waals surface area contributed by atoms with Gasteiger partial charge in [-0.2, -0.15) is 0 Å². The molecule has 2 aromatic carbocycles. The summed E-state index contributed by atoms with van der Waals surface area (Å²) in [5.41, 5.74) is 2.14. The van der Waals surface area contributed by atoms with Gasteiger partial charge < -0.3 is 15.2 Å². The number of nitrogens with zero attached hydrogens (tertiary/aromatic N) is 1. The Morgan fingerprint density at radius 3 is 2.73 bits per heavy atom. The summed E-state index contributed by atoms with van der Waals surface area (Å²) in [6.45, 7) is 1.85. The maximum atomic E-state index is 12.9. The van der Waals surface area contributed by atoms with Crippen molar-refractivity contribution in [1.82, 2.24) is 5.32 Å². The molecule has 2 aromatic rings. The third-order valence-electron chi connectivity index (χ3n) is 3.87. The highest BCUT2D eigenvalue weighted by molar-refractivity contribution is 9.10. The number of halogens is 2. The number of benzene rings is 2. The van der Waals surface area contributed by atoms with Crippen LogP contribution in [0.3, 0.4) is 0 Å². The molecule has 0 aromatic heterocycles. The molecule has 1 heterocycles. The molecule has 1 saturated heterocycles. The van der Waals surface area contributed by atoms with Crippen LogP contribution in [-0.2, 0) is 4.79 Å². The number of aryl methyl sites for hydroxylation is 1. The number of amides is 1. The number of carbonyl (C=O) groups is 1. The molecule has 0 unspecified atom stereocenters. The van der Waals surface area contributed by atoms with Crippen LogP contribution in [0, 0.1) is 6.92 Å². The minimum atomic E-state index is -0.321. The van der Waals surface area contributed by atoms with E-state index >= 15 is 0 Å². The average molecular weight is 454 g/mol. The lowest BCUT2D eigenvalue weighted by Crippen LogP contribution is -2.30. The Morgan fingerprint density at radius 2 is 2.08 bits per heavy atom. The van der Waals surface area contributed by atoms with Crippen LogP contribution in [-0.4, -0.2) is 23.2 Å². The lowest BCUT2D eigenvalue weighted by molar-refractivity contribution is -0.113. The van der Waals surface area contributed by atoms with E-state index in [0.717, 1.165) is 5.56 Å². The van der Waals surface area contributed by atoms with E-state index in [9.17, 15) is 9.90 Å². The first-order chi connectivity index (χ1) is 12.3. The van der Waals surface area contributed by atoms with Crippen molar-refractivity contribution in [2.24, 2.45) is 0 Å². The quantitative estimate of drug-likeness (QED) is 0.533. The summed E-state index contributed by atoms with van der Waals surface area (Å²) in [5.74, 6) is -0.0896. The minimum Gasteiger partial charge on any atom is -0.504 e. The highest BCUT2D eigenvalue weighted by atomic mass is 79.9. The SMILES string of the molecule is COc1cc(Br)cc(/C=C2\NC(=S)N(c3ccc(Cl)cc3C)C2=O)c1O. The van der Waals surface area contributed by atoms with Gasteiger partial charge in [0.05, 0.1) is 12.8 Å². The molecule has 8 heteroatoms. The van der Waals surface area contributed by atoms with Crippen LogP contribution >= 0.6 is 39.7 Å². The fraction of sp³-hybridized carbons (Fsp3) is 0.111. The molecule has 1 aliphatic rings. The van der Waals surface area contributed by atoms with Crippen molar-refractivity contribution in [2.45, 2.75) is 6.92 Å². The summed E-state index contributed by atoms with van der Waals surface area (Å²) in [6, 6.07) is 8.52. The lowest BCUT2D eigenvalue weighted by Gasteiger charge is -2.16. The maximum absolute atomic E-state index is 12.9. The number of thiocarbonyl (C=S) groups is 1. The van der Waals surface area contributed by atoms with Gasteiger partial charge >= 0.3 is 0 Å². The third-order valence-corrected chi connectivity index (χ3v) is 4.84. The first-order valence-corrected chi connectivity index (χ1v) is 9.09. The van der Waals surface area contributed by atoms with Gasteiger partial charge in [0.15, 0.2) is 16.6 Å². The van der Waals surface area contributed by atoms with Gasteiger partial charge in [0.2, 0.25) is 0 Å². The van der Waals surface area contributed by atoms with Crippen LogP contribution in [0.5, 0.6) is 11.5 Å². The number of phenols is 1. The number of phenolic OH excluding ortho intramolecular Hbond substituents is 1. The van der Waals surface area contributed by atoms with Crippen molar-refractivity contribution < 1.29 is 14.6 Å². The monoisotopic (exact) mass is 452 g/mol. The van der Waals surface area contributed by atoms with E-state index < -0.39 is 0 Å². The standard InChI is InChI=1S/C18H14BrClN2O3S/c1-9-5-12(20)3-4-14(9)22-17(24)13(21-18(22)26)7-10-6-11(19)8-15(25-2)16(10)23/h3-8,23H,1-2H3,(H,21,26)/b13-7-. The summed E-state index contributed by atoms with van der Waals surface area (Å²) < 4.78 is 5.84. The summed E-state index contributed by atoms with van der Waals surface area (Å²) in [5, 5.41) is 14.0. The highest BCUT2D eigenvalue weighted by Crippen LogP contribution is 2.35. The van der Waals surface area contributed by atoms with Crippen molar-refractivity contribution in [1.29, 1.82) is 0 Å². The van der Waals surface area contributed by atoms with Crippen molar-refractivity contribution >= 4 is 62.5 Å². The molecule has 3 rings (SSSR count). The number of anilines is 1. The molecule has 0 radical (unpaired) electrons. The zero-order valence-corrected chi connectivity index (χ0v) is 17.0. The molecular weight excluding hydrogens is 440 g/mol. The van der Waals surface area contributed by atoms with Gasteiger partial charge in [0.1, 0.15) is 5.70 Å². The van der Waals surface area contributed by atoms with Gasteiger partial charge in [-0.1, -0.05) is 27.5 Å². The largest absolute Gasteiger partial charge is 0.504 e. The van der Waals surface area contributed by atoms with Gasteiger partial charge in [-0.25, -0.2) is 0 Å². The Hall–Kier alpha value is -2.09. The van der Waals surface area contributed by atoms with E-state index in [2.05, 4.69) is 21.2 Å². The second-order valence-electron chi connectivity index (χ2n) is 5.61. The van der Waals surface area contributed by atoms with Crippen LogP contribution in [0.4, 0.5) is 5.69 Å². The predicted octanol–water partition coefficient (Wildman–Crippen LogP) is 4.39. The smallest absolute Gasteiger partial charge is 0.281 e. The van der Waals surface area contributed by atoms with E-state index in [1.54, 1.807) is 30.3 Å². The number of methoxy groups -OCH3 is 1. The maximum Gasteiger partial charge on any atom is 0.281 e. The van der Waals surface area contributed by atoms with Gasteiger partial charge in [-0.3, -0.25) is 9.69 Å². The number of hydrogen-bond donors (Lipinski definition) is 2. The lowest BCUT2D eigenvalue weighted by atomic mass is 10.1. The molecular formula is C18H14BrClN2O3S. The number of carbonyl (C=O) groups excluding carboxylic acids is 1. The van der Waals surface area contributed by atoms with Crippen molar-refractivity contribution in [3.63, 3.8) is 0 Å². The summed E-state index contributed by atoms with van der Waals surface area (Å²) in [7, 11) is 1.46. The van der Waals surface area contributed by atoms with Crippen molar-refractivity contribution in [2.75, 3.05) is 12.0 Å². The van der Waals surface area contributed by atoms with Crippen LogP contribution in [0.2, 0.25) is 5.02 Å². The number of rotatable bonds is 3. The fourth-order valence-electron chi connectivity index (χ4n) is 2.64. The molecule has 1 aliphatic heterocycles. The molecule has 0 aliphatic carbocycles. The van der Waals surface area contributed by atoms with E-state index in [1.807, 2.05) is 6.92 Å². The fourth-order valence-corrected chi connectivity index (χ4v) is 3.61. The molecule has 0 bridgehead atoms. The van der Waals surface area contributed by atoms with E-state index in [-0.39, 0.29) is 22.5 Å². The molecule has 26 heavy (non-hydrogen) atoms. The molecule has 0 atom stereocenters. The van der Waals surface area contributed by atoms with E-state index in [1.165, 1.54) is 18.1 Å². The first kappa shape index (κ1) is 18.7.